The second kappa shape index (κ2) is 8.10. The summed E-state index contributed by atoms with van der Waals surface area (Å²) < 4.78 is 5.63. The van der Waals surface area contributed by atoms with E-state index in [9.17, 15) is 0 Å². The fraction of sp³-hybridized carbons (Fsp3) is 1.00. The van der Waals surface area contributed by atoms with Crippen LogP contribution in [0, 0.1) is 5.41 Å². The van der Waals surface area contributed by atoms with Crippen LogP contribution >= 0.6 is 0 Å². The molecular weight excluding hydrogens is 228 g/mol. The molecule has 0 spiro atoms. The maximum Gasteiger partial charge on any atom is 0.0547 e. The van der Waals surface area contributed by atoms with Crippen molar-refractivity contribution in [2.75, 3.05) is 46.0 Å². The van der Waals surface area contributed by atoms with E-state index in [1.807, 2.05) is 0 Å². The van der Waals surface area contributed by atoms with E-state index in [1.165, 1.54) is 0 Å². The standard InChI is InChI=1S/C14H30N2O2/c1-4-16(7-5-8-17)11-14(6-9-18-12-14)10-15-13(2)3/h13,15,17H,4-12H2,1-3H3. The minimum absolute atomic E-state index is 0.260. The van der Waals surface area contributed by atoms with E-state index >= 15 is 0 Å². The average Bonchev–Trinajstić information content (AvgIpc) is 2.81. The van der Waals surface area contributed by atoms with E-state index in [4.69, 9.17) is 9.84 Å². The van der Waals surface area contributed by atoms with Gasteiger partial charge in [0.2, 0.25) is 0 Å². The van der Waals surface area contributed by atoms with Crippen molar-refractivity contribution >= 4 is 0 Å². The van der Waals surface area contributed by atoms with Crippen LogP contribution < -0.4 is 5.32 Å². The highest BCUT2D eigenvalue weighted by molar-refractivity contribution is 4.88. The Morgan fingerprint density at radius 2 is 2.22 bits per heavy atom. The first kappa shape index (κ1) is 15.9. The minimum atomic E-state index is 0.260. The van der Waals surface area contributed by atoms with Crippen molar-refractivity contribution in [2.24, 2.45) is 5.41 Å². The number of nitrogens with one attached hydrogen (secondary N) is 1. The summed E-state index contributed by atoms with van der Waals surface area (Å²) in [6.07, 6.45) is 2.00. The molecule has 0 aromatic rings. The molecule has 1 fully saturated rings. The van der Waals surface area contributed by atoms with Gasteiger partial charge in [0.05, 0.1) is 6.61 Å². The normalized spacial score (nSPS) is 24.3. The van der Waals surface area contributed by atoms with E-state index in [0.29, 0.717) is 6.04 Å². The van der Waals surface area contributed by atoms with Crippen LogP contribution in [0.25, 0.3) is 0 Å². The van der Waals surface area contributed by atoms with E-state index in [1.54, 1.807) is 0 Å². The second-order valence-electron chi connectivity index (χ2n) is 5.78. The third-order valence-electron chi connectivity index (χ3n) is 3.71. The van der Waals surface area contributed by atoms with Crippen molar-refractivity contribution in [1.29, 1.82) is 0 Å². The molecule has 18 heavy (non-hydrogen) atoms. The van der Waals surface area contributed by atoms with E-state index in [0.717, 1.165) is 52.2 Å². The fourth-order valence-corrected chi connectivity index (χ4v) is 2.51. The lowest BCUT2D eigenvalue weighted by atomic mass is 9.86. The fourth-order valence-electron chi connectivity index (χ4n) is 2.51. The van der Waals surface area contributed by atoms with Crippen LogP contribution in [-0.2, 0) is 4.74 Å². The summed E-state index contributed by atoms with van der Waals surface area (Å²) in [5.41, 5.74) is 0.260. The summed E-state index contributed by atoms with van der Waals surface area (Å²) in [6, 6.07) is 0.523. The number of aliphatic hydroxyl groups is 1. The van der Waals surface area contributed by atoms with Gasteiger partial charge in [-0.3, -0.25) is 0 Å². The maximum atomic E-state index is 8.95. The lowest BCUT2D eigenvalue weighted by molar-refractivity contribution is 0.105. The summed E-state index contributed by atoms with van der Waals surface area (Å²) in [5, 5.41) is 12.5. The summed E-state index contributed by atoms with van der Waals surface area (Å²) in [7, 11) is 0. The Labute approximate surface area is 112 Å². The molecule has 4 nitrogen and oxygen atoms in total. The largest absolute Gasteiger partial charge is 0.396 e. The molecule has 0 bridgehead atoms. The van der Waals surface area contributed by atoms with Crippen LogP contribution in [-0.4, -0.2) is 62.0 Å². The zero-order valence-electron chi connectivity index (χ0n) is 12.2. The van der Waals surface area contributed by atoms with Gasteiger partial charge in [0, 0.05) is 44.3 Å². The summed E-state index contributed by atoms with van der Waals surface area (Å²) in [4.78, 5) is 2.44. The van der Waals surface area contributed by atoms with Gasteiger partial charge < -0.3 is 20.1 Å². The van der Waals surface area contributed by atoms with Crippen LogP contribution in [0.3, 0.4) is 0 Å². The molecule has 1 aliphatic rings. The SMILES string of the molecule is CCN(CCCO)CC1(CNC(C)C)CCOC1. The van der Waals surface area contributed by atoms with Gasteiger partial charge in [0.15, 0.2) is 0 Å². The van der Waals surface area contributed by atoms with Gasteiger partial charge in [-0.25, -0.2) is 0 Å². The van der Waals surface area contributed by atoms with Crippen LogP contribution in [0.15, 0.2) is 0 Å². The third kappa shape index (κ3) is 5.22. The van der Waals surface area contributed by atoms with Gasteiger partial charge in [0.25, 0.3) is 0 Å². The van der Waals surface area contributed by atoms with Gasteiger partial charge in [-0.05, 0) is 19.4 Å². The zero-order chi connectivity index (χ0) is 13.4. The zero-order valence-corrected chi connectivity index (χ0v) is 12.2. The monoisotopic (exact) mass is 258 g/mol. The van der Waals surface area contributed by atoms with Crippen LogP contribution in [0.2, 0.25) is 0 Å². The van der Waals surface area contributed by atoms with Crippen molar-refractivity contribution in [3.63, 3.8) is 0 Å². The smallest absolute Gasteiger partial charge is 0.0547 e. The summed E-state index contributed by atoms with van der Waals surface area (Å²) in [6.45, 7) is 12.7. The molecule has 1 rings (SSSR count). The van der Waals surface area contributed by atoms with Gasteiger partial charge in [0.1, 0.15) is 0 Å². The molecule has 0 radical (unpaired) electrons. The number of ether oxygens (including phenoxy) is 1. The Balaban J connectivity index is 2.49. The average molecular weight is 258 g/mol. The molecule has 1 saturated heterocycles. The van der Waals surface area contributed by atoms with Crippen molar-refractivity contribution < 1.29 is 9.84 Å². The van der Waals surface area contributed by atoms with Gasteiger partial charge >= 0.3 is 0 Å². The second-order valence-corrected chi connectivity index (χ2v) is 5.78. The van der Waals surface area contributed by atoms with Crippen molar-refractivity contribution in [1.82, 2.24) is 10.2 Å². The summed E-state index contributed by atoms with van der Waals surface area (Å²) in [5.74, 6) is 0. The molecule has 0 aromatic heterocycles. The Kier molecular flexibility index (Phi) is 7.15. The molecule has 1 atom stereocenters. The first-order valence-corrected chi connectivity index (χ1v) is 7.26. The molecular formula is C14H30N2O2. The lowest BCUT2D eigenvalue weighted by Gasteiger charge is -2.34. The highest BCUT2D eigenvalue weighted by Gasteiger charge is 2.36. The maximum absolute atomic E-state index is 8.95. The van der Waals surface area contributed by atoms with Crippen molar-refractivity contribution in [3.05, 3.63) is 0 Å². The minimum Gasteiger partial charge on any atom is -0.396 e. The predicted octanol–water partition coefficient (Wildman–Crippen LogP) is 1.10. The number of hydrogen-bond acceptors (Lipinski definition) is 4. The third-order valence-corrected chi connectivity index (χ3v) is 3.71. The highest BCUT2D eigenvalue weighted by atomic mass is 16.5. The molecule has 0 amide bonds. The van der Waals surface area contributed by atoms with Crippen LogP contribution in [0.4, 0.5) is 0 Å². The molecule has 0 aromatic carbocycles. The number of hydrogen-bond donors (Lipinski definition) is 2. The first-order chi connectivity index (χ1) is 8.62. The first-order valence-electron chi connectivity index (χ1n) is 7.26. The Bertz CT molecular complexity index is 216. The van der Waals surface area contributed by atoms with Crippen LogP contribution in [0.5, 0.6) is 0 Å². The van der Waals surface area contributed by atoms with E-state index in [2.05, 4.69) is 31.0 Å². The topological polar surface area (TPSA) is 44.7 Å². The van der Waals surface area contributed by atoms with E-state index in [-0.39, 0.29) is 12.0 Å². The Morgan fingerprint density at radius 1 is 1.44 bits per heavy atom. The Hall–Kier alpha value is -0.160. The van der Waals surface area contributed by atoms with E-state index < -0.39 is 0 Å². The number of nitrogens with zero attached hydrogens (tertiary/aromatic N) is 1. The van der Waals surface area contributed by atoms with Gasteiger partial charge in [-0.1, -0.05) is 20.8 Å². The van der Waals surface area contributed by atoms with Crippen molar-refractivity contribution in [2.45, 2.75) is 39.7 Å². The predicted molar refractivity (Wildman–Crippen MR) is 74.8 cm³/mol. The molecule has 1 unspecified atom stereocenters. The quantitative estimate of drug-likeness (QED) is 0.650. The molecule has 0 aliphatic carbocycles. The molecule has 0 saturated carbocycles. The number of rotatable bonds is 9. The summed E-state index contributed by atoms with van der Waals surface area (Å²) >= 11 is 0. The molecule has 108 valence electrons. The lowest BCUT2D eigenvalue weighted by Crippen LogP contribution is -2.46. The molecule has 1 heterocycles. The highest BCUT2D eigenvalue weighted by Crippen LogP contribution is 2.29. The Morgan fingerprint density at radius 3 is 2.72 bits per heavy atom. The molecule has 4 heteroatoms. The van der Waals surface area contributed by atoms with Crippen molar-refractivity contribution in [3.8, 4) is 0 Å². The van der Waals surface area contributed by atoms with Gasteiger partial charge in [-0.2, -0.15) is 0 Å². The molecule has 2 N–H and O–H groups in total. The van der Waals surface area contributed by atoms with Gasteiger partial charge in [-0.15, -0.1) is 0 Å². The van der Waals surface area contributed by atoms with Crippen LogP contribution in [0.1, 0.15) is 33.6 Å². The number of aliphatic hydroxyl groups excluding tert-OH is 1. The molecule has 1 aliphatic heterocycles.